The van der Waals surface area contributed by atoms with Gasteiger partial charge in [-0.3, -0.25) is 14.3 Å². The lowest BCUT2D eigenvalue weighted by Crippen LogP contribution is -2.18. The van der Waals surface area contributed by atoms with Crippen molar-refractivity contribution in [2.45, 2.75) is 25.7 Å². The summed E-state index contributed by atoms with van der Waals surface area (Å²) < 4.78 is 1.73. The van der Waals surface area contributed by atoms with Gasteiger partial charge in [-0.25, -0.2) is 4.98 Å². The van der Waals surface area contributed by atoms with Crippen molar-refractivity contribution in [3.8, 4) is 0 Å². The van der Waals surface area contributed by atoms with Gasteiger partial charge in [0, 0.05) is 37.0 Å². The fraction of sp³-hybridized carbons (Fsp3) is 0.300. The molecule has 2 heterocycles. The molecule has 7 nitrogen and oxygen atoms in total. The van der Waals surface area contributed by atoms with E-state index in [1.54, 1.807) is 36.0 Å². The molecule has 138 valence electrons. The van der Waals surface area contributed by atoms with Crippen LogP contribution in [0, 0.1) is 6.92 Å². The van der Waals surface area contributed by atoms with Crippen molar-refractivity contribution in [1.82, 2.24) is 20.1 Å². The molecule has 0 atom stereocenters. The first-order valence-electron chi connectivity index (χ1n) is 8.95. The Morgan fingerprint density at radius 1 is 1.15 bits per heavy atom. The Morgan fingerprint density at radius 2 is 1.85 bits per heavy atom. The predicted molar refractivity (Wildman–Crippen MR) is 103 cm³/mol. The first-order valence-corrected chi connectivity index (χ1v) is 8.95. The molecule has 2 aromatic heterocycles. The van der Waals surface area contributed by atoms with Gasteiger partial charge in [0.15, 0.2) is 5.65 Å². The normalized spacial score (nSPS) is 13.6. The second-order valence-corrected chi connectivity index (χ2v) is 6.89. The number of anilines is 1. The van der Waals surface area contributed by atoms with Crippen LogP contribution >= 0.6 is 0 Å². The van der Waals surface area contributed by atoms with Crippen molar-refractivity contribution >= 4 is 28.5 Å². The van der Waals surface area contributed by atoms with Gasteiger partial charge in [-0.2, -0.15) is 5.10 Å². The van der Waals surface area contributed by atoms with Crippen molar-refractivity contribution in [2.75, 3.05) is 12.4 Å². The van der Waals surface area contributed by atoms with Crippen molar-refractivity contribution < 1.29 is 9.59 Å². The van der Waals surface area contributed by atoms with E-state index in [-0.39, 0.29) is 11.8 Å². The van der Waals surface area contributed by atoms with Crippen molar-refractivity contribution in [2.24, 2.45) is 7.05 Å². The molecule has 3 aromatic rings. The lowest BCUT2D eigenvalue weighted by molar-refractivity contribution is 0.0962. The standard InChI is InChI=1S/C20H21N5O2/c1-11-17-15(10-16(12-4-5-12)23-18(17)25(3)24-11)20(27)22-14-8-6-13(7-9-14)19(26)21-2/h6-10,12H,4-5H2,1-3H3,(H,21,26)(H,22,27). The van der Waals surface area contributed by atoms with E-state index >= 15 is 0 Å². The topological polar surface area (TPSA) is 88.9 Å². The van der Waals surface area contributed by atoms with Gasteiger partial charge >= 0.3 is 0 Å². The van der Waals surface area contributed by atoms with E-state index in [1.807, 2.05) is 20.0 Å². The highest BCUT2D eigenvalue weighted by molar-refractivity contribution is 6.12. The summed E-state index contributed by atoms with van der Waals surface area (Å²) in [7, 11) is 3.43. The third kappa shape index (κ3) is 3.16. The van der Waals surface area contributed by atoms with Crippen LogP contribution in [0.2, 0.25) is 0 Å². The third-order valence-corrected chi connectivity index (χ3v) is 4.86. The van der Waals surface area contributed by atoms with Gasteiger partial charge in [-0.05, 0) is 50.1 Å². The van der Waals surface area contributed by atoms with Crippen molar-refractivity contribution in [3.63, 3.8) is 0 Å². The molecule has 0 aliphatic heterocycles. The van der Waals surface area contributed by atoms with Crippen LogP contribution in [-0.4, -0.2) is 33.6 Å². The minimum atomic E-state index is -0.201. The number of pyridine rings is 1. The highest BCUT2D eigenvalue weighted by Gasteiger charge is 2.28. The first-order chi connectivity index (χ1) is 13.0. The third-order valence-electron chi connectivity index (χ3n) is 4.86. The van der Waals surface area contributed by atoms with Crippen molar-refractivity contribution in [1.29, 1.82) is 0 Å². The van der Waals surface area contributed by atoms with Crippen LogP contribution in [-0.2, 0) is 7.05 Å². The Bertz CT molecular complexity index is 1050. The van der Waals surface area contributed by atoms with Crippen LogP contribution in [0.3, 0.4) is 0 Å². The number of nitrogens with zero attached hydrogens (tertiary/aromatic N) is 3. The van der Waals surface area contributed by atoms with E-state index in [1.165, 1.54) is 0 Å². The zero-order valence-electron chi connectivity index (χ0n) is 15.5. The number of carbonyl (C=O) groups is 2. The van der Waals surface area contributed by atoms with Crippen LogP contribution in [0.15, 0.2) is 30.3 Å². The number of nitrogens with one attached hydrogen (secondary N) is 2. The van der Waals surface area contributed by atoms with Gasteiger partial charge in [0.2, 0.25) is 0 Å². The molecule has 0 radical (unpaired) electrons. The Morgan fingerprint density at radius 3 is 2.48 bits per heavy atom. The fourth-order valence-electron chi connectivity index (χ4n) is 3.28. The molecule has 27 heavy (non-hydrogen) atoms. The maximum atomic E-state index is 13.0. The summed E-state index contributed by atoms with van der Waals surface area (Å²) >= 11 is 0. The molecule has 0 unspecified atom stereocenters. The van der Waals surface area contributed by atoms with E-state index in [0.29, 0.717) is 22.7 Å². The Hall–Kier alpha value is -3.22. The van der Waals surface area contributed by atoms with Crippen LogP contribution in [0.1, 0.15) is 50.9 Å². The van der Waals surface area contributed by atoms with E-state index in [0.717, 1.165) is 35.3 Å². The zero-order chi connectivity index (χ0) is 19.1. The molecule has 0 bridgehead atoms. The molecule has 0 saturated heterocycles. The van der Waals surface area contributed by atoms with Gasteiger partial charge in [-0.15, -0.1) is 0 Å². The monoisotopic (exact) mass is 363 g/mol. The van der Waals surface area contributed by atoms with E-state index in [9.17, 15) is 9.59 Å². The molecular formula is C20H21N5O2. The van der Waals surface area contributed by atoms with E-state index < -0.39 is 0 Å². The molecule has 1 saturated carbocycles. The molecule has 4 rings (SSSR count). The number of fused-ring (bicyclic) bond motifs is 1. The molecule has 2 N–H and O–H groups in total. The maximum Gasteiger partial charge on any atom is 0.256 e. The molecule has 7 heteroatoms. The molecule has 1 aromatic carbocycles. The average molecular weight is 363 g/mol. The van der Waals surface area contributed by atoms with Gasteiger partial charge in [0.1, 0.15) is 0 Å². The second kappa shape index (κ2) is 6.50. The quantitative estimate of drug-likeness (QED) is 0.746. The SMILES string of the molecule is CNC(=O)c1ccc(NC(=O)c2cc(C3CC3)nc3c2c(C)nn3C)cc1. The summed E-state index contributed by atoms with van der Waals surface area (Å²) in [5.41, 5.74) is 4.22. The molecule has 0 spiro atoms. The summed E-state index contributed by atoms with van der Waals surface area (Å²) in [6, 6.07) is 8.70. The minimum Gasteiger partial charge on any atom is -0.355 e. The highest BCUT2D eigenvalue weighted by atomic mass is 16.2. The second-order valence-electron chi connectivity index (χ2n) is 6.89. The molecule has 1 aliphatic carbocycles. The summed E-state index contributed by atoms with van der Waals surface area (Å²) in [6.07, 6.45) is 2.22. The summed E-state index contributed by atoms with van der Waals surface area (Å²) in [5, 5.41) is 10.7. The van der Waals surface area contributed by atoms with Gasteiger partial charge in [0.05, 0.1) is 16.6 Å². The predicted octanol–water partition coefficient (Wildman–Crippen LogP) is 2.77. The van der Waals surface area contributed by atoms with Gasteiger partial charge in [0.25, 0.3) is 11.8 Å². The number of rotatable bonds is 4. The number of aromatic nitrogens is 3. The average Bonchev–Trinajstić information content (AvgIpc) is 3.48. The van der Waals surface area contributed by atoms with Crippen LogP contribution < -0.4 is 10.6 Å². The lowest BCUT2D eigenvalue weighted by atomic mass is 10.1. The molecule has 2 amide bonds. The smallest absolute Gasteiger partial charge is 0.256 e. The molecule has 1 fully saturated rings. The Labute approximate surface area is 156 Å². The summed E-state index contributed by atoms with van der Waals surface area (Å²) in [5.74, 6) is 0.0693. The fourth-order valence-corrected chi connectivity index (χ4v) is 3.28. The number of carbonyl (C=O) groups excluding carboxylic acids is 2. The summed E-state index contributed by atoms with van der Waals surface area (Å²) in [6.45, 7) is 1.88. The maximum absolute atomic E-state index is 13.0. The highest BCUT2D eigenvalue weighted by Crippen LogP contribution is 2.40. The van der Waals surface area contributed by atoms with Crippen LogP contribution in [0.25, 0.3) is 11.0 Å². The number of hydrogen-bond donors (Lipinski definition) is 2. The number of amides is 2. The number of benzene rings is 1. The molecule has 1 aliphatic rings. The van der Waals surface area contributed by atoms with Crippen LogP contribution in [0.5, 0.6) is 0 Å². The van der Waals surface area contributed by atoms with Gasteiger partial charge in [-0.1, -0.05) is 0 Å². The summed E-state index contributed by atoms with van der Waals surface area (Å²) in [4.78, 5) is 29.4. The van der Waals surface area contributed by atoms with E-state index in [4.69, 9.17) is 4.98 Å². The minimum absolute atomic E-state index is 0.163. The van der Waals surface area contributed by atoms with Gasteiger partial charge < -0.3 is 10.6 Å². The van der Waals surface area contributed by atoms with Crippen molar-refractivity contribution in [3.05, 3.63) is 52.8 Å². The number of aryl methyl sites for hydroxylation is 2. The van der Waals surface area contributed by atoms with E-state index in [2.05, 4.69) is 15.7 Å². The number of hydrogen-bond acceptors (Lipinski definition) is 4. The van der Waals surface area contributed by atoms with Crippen LogP contribution in [0.4, 0.5) is 5.69 Å². The Kier molecular flexibility index (Phi) is 4.14. The zero-order valence-corrected chi connectivity index (χ0v) is 15.5. The first kappa shape index (κ1) is 17.2. The largest absolute Gasteiger partial charge is 0.355 e. The Balaban J connectivity index is 1.69. The lowest BCUT2D eigenvalue weighted by Gasteiger charge is -2.09. The molecular weight excluding hydrogens is 342 g/mol.